The molecular weight excluding hydrogens is 415 g/mol. The van der Waals surface area contributed by atoms with Crippen molar-refractivity contribution in [3.8, 4) is 0 Å². The zero-order valence-electron chi connectivity index (χ0n) is 14.8. The summed E-state index contributed by atoms with van der Waals surface area (Å²) in [6.45, 7) is 2.31. The number of primary amides is 1. The smallest absolute Gasteiger partial charge is 0.411 e. The molecular formula is C20H20BrFN2O3. The summed E-state index contributed by atoms with van der Waals surface area (Å²) in [5, 5.41) is 0. The summed E-state index contributed by atoms with van der Waals surface area (Å²) in [6.07, 6.45) is -0.291. The number of benzene rings is 2. The molecule has 1 saturated heterocycles. The van der Waals surface area contributed by atoms with Gasteiger partial charge < -0.3 is 15.4 Å². The number of nitrogens with zero attached hydrogens (tertiary/aromatic N) is 1. The monoisotopic (exact) mass is 434 g/mol. The standard InChI is InChI=1S/C20H20BrFN2O3/c1-13(14-2-6-16(21)7-3-14)24-11-10-20(12-18(23)25,27-19(24)26)15-4-8-17(22)9-5-15/h2-9,13H,10-12H2,1H3,(H2,23,25)/t13-,20?/m0/s1. The van der Waals surface area contributed by atoms with Crippen LogP contribution in [0.2, 0.25) is 0 Å². The highest BCUT2D eigenvalue weighted by Crippen LogP contribution is 2.39. The maximum Gasteiger partial charge on any atom is 0.411 e. The summed E-state index contributed by atoms with van der Waals surface area (Å²) in [5.41, 5.74) is 5.76. The lowest BCUT2D eigenvalue weighted by Gasteiger charge is -2.43. The van der Waals surface area contributed by atoms with Crippen molar-refractivity contribution in [1.82, 2.24) is 4.90 Å². The van der Waals surface area contributed by atoms with Gasteiger partial charge in [0.2, 0.25) is 5.91 Å². The van der Waals surface area contributed by atoms with Gasteiger partial charge in [-0.3, -0.25) is 4.79 Å². The van der Waals surface area contributed by atoms with Crippen molar-refractivity contribution in [2.24, 2.45) is 5.73 Å². The predicted molar refractivity (Wildman–Crippen MR) is 102 cm³/mol. The van der Waals surface area contributed by atoms with Gasteiger partial charge in [-0.15, -0.1) is 0 Å². The molecule has 3 rings (SSSR count). The van der Waals surface area contributed by atoms with Gasteiger partial charge in [0.25, 0.3) is 0 Å². The molecule has 0 saturated carbocycles. The normalized spacial score (nSPS) is 20.9. The van der Waals surface area contributed by atoms with Gasteiger partial charge >= 0.3 is 6.09 Å². The fourth-order valence-electron chi connectivity index (χ4n) is 3.41. The lowest BCUT2D eigenvalue weighted by atomic mass is 9.85. The molecule has 0 spiro atoms. The molecule has 27 heavy (non-hydrogen) atoms. The first kappa shape index (κ1) is 19.4. The largest absolute Gasteiger partial charge is 0.437 e. The van der Waals surface area contributed by atoms with Gasteiger partial charge in [-0.1, -0.05) is 40.2 Å². The molecule has 2 amide bonds. The third-order valence-corrected chi connectivity index (χ3v) is 5.45. The maximum atomic E-state index is 13.3. The average molecular weight is 435 g/mol. The molecule has 2 atom stereocenters. The molecule has 0 aliphatic carbocycles. The SMILES string of the molecule is C[C@@H](c1ccc(Br)cc1)N1CCC(CC(N)=O)(c2ccc(F)cc2)OC1=O. The molecule has 0 radical (unpaired) electrons. The van der Waals surface area contributed by atoms with Gasteiger partial charge in [0, 0.05) is 17.4 Å². The Labute approximate surface area is 165 Å². The fraction of sp³-hybridized carbons (Fsp3) is 0.300. The van der Waals surface area contributed by atoms with Crippen LogP contribution in [0.5, 0.6) is 0 Å². The lowest BCUT2D eigenvalue weighted by molar-refractivity contribution is -0.127. The summed E-state index contributed by atoms with van der Waals surface area (Å²) in [4.78, 5) is 26.0. The highest BCUT2D eigenvalue weighted by atomic mass is 79.9. The van der Waals surface area contributed by atoms with Gasteiger partial charge in [0.15, 0.2) is 0 Å². The minimum atomic E-state index is -1.17. The number of rotatable bonds is 5. The van der Waals surface area contributed by atoms with E-state index in [9.17, 15) is 14.0 Å². The highest BCUT2D eigenvalue weighted by molar-refractivity contribution is 9.10. The quantitative estimate of drug-likeness (QED) is 0.763. The van der Waals surface area contributed by atoms with E-state index in [4.69, 9.17) is 10.5 Å². The Kier molecular flexibility index (Phi) is 5.51. The fourth-order valence-corrected chi connectivity index (χ4v) is 3.67. The first-order chi connectivity index (χ1) is 12.8. The Morgan fingerprint density at radius 2 is 1.89 bits per heavy atom. The molecule has 0 bridgehead atoms. The Balaban J connectivity index is 1.85. The van der Waals surface area contributed by atoms with Crippen molar-refractivity contribution in [1.29, 1.82) is 0 Å². The Hall–Kier alpha value is -2.41. The molecule has 0 aromatic heterocycles. The Morgan fingerprint density at radius 3 is 2.44 bits per heavy atom. The van der Waals surface area contributed by atoms with E-state index >= 15 is 0 Å². The number of ether oxygens (including phenoxy) is 1. The van der Waals surface area contributed by atoms with E-state index in [1.165, 1.54) is 24.3 Å². The maximum absolute atomic E-state index is 13.3. The molecule has 2 aromatic carbocycles. The molecule has 1 aliphatic heterocycles. The van der Waals surface area contributed by atoms with Crippen LogP contribution >= 0.6 is 15.9 Å². The zero-order chi connectivity index (χ0) is 19.6. The lowest BCUT2D eigenvalue weighted by Crippen LogP contribution is -2.50. The second-order valence-corrected chi connectivity index (χ2v) is 7.60. The number of cyclic esters (lactones) is 1. The molecule has 5 nitrogen and oxygen atoms in total. The van der Waals surface area contributed by atoms with Gasteiger partial charge in [-0.2, -0.15) is 0 Å². The number of hydrogen-bond donors (Lipinski definition) is 1. The van der Waals surface area contributed by atoms with Crippen molar-refractivity contribution in [2.75, 3.05) is 6.54 Å². The number of halogens is 2. The molecule has 1 heterocycles. The van der Waals surface area contributed by atoms with Crippen molar-refractivity contribution in [3.05, 3.63) is 69.9 Å². The van der Waals surface area contributed by atoms with Gasteiger partial charge in [0.1, 0.15) is 11.4 Å². The van der Waals surface area contributed by atoms with Gasteiger partial charge in [0.05, 0.1) is 12.5 Å². The second-order valence-electron chi connectivity index (χ2n) is 6.68. The van der Waals surface area contributed by atoms with Crippen LogP contribution in [-0.4, -0.2) is 23.4 Å². The van der Waals surface area contributed by atoms with Crippen LogP contribution in [0.15, 0.2) is 53.0 Å². The van der Waals surface area contributed by atoms with Gasteiger partial charge in [-0.25, -0.2) is 9.18 Å². The molecule has 1 fully saturated rings. The van der Waals surface area contributed by atoms with E-state index in [1.54, 1.807) is 4.90 Å². The number of hydrogen-bond acceptors (Lipinski definition) is 3. The first-order valence-electron chi connectivity index (χ1n) is 8.60. The van der Waals surface area contributed by atoms with Crippen molar-refractivity contribution in [3.63, 3.8) is 0 Å². The minimum Gasteiger partial charge on any atom is -0.437 e. The number of amides is 2. The number of carbonyl (C=O) groups excluding carboxylic acids is 2. The second kappa shape index (κ2) is 7.68. The molecule has 7 heteroatoms. The zero-order valence-corrected chi connectivity index (χ0v) is 16.4. The number of carbonyl (C=O) groups is 2. The van der Waals surface area contributed by atoms with E-state index in [2.05, 4.69) is 15.9 Å². The van der Waals surface area contributed by atoms with Crippen molar-refractivity contribution < 1.29 is 18.7 Å². The molecule has 142 valence electrons. The molecule has 2 aromatic rings. The van der Waals surface area contributed by atoms with Gasteiger partial charge in [-0.05, 0) is 42.3 Å². The first-order valence-corrected chi connectivity index (χ1v) is 9.39. The molecule has 1 aliphatic rings. The van der Waals surface area contributed by atoms with E-state index in [-0.39, 0.29) is 12.5 Å². The summed E-state index contributed by atoms with van der Waals surface area (Å²) >= 11 is 3.40. The number of nitrogens with two attached hydrogens (primary N) is 1. The van der Waals surface area contributed by atoms with Crippen LogP contribution in [0.1, 0.15) is 36.9 Å². The Bertz CT molecular complexity index is 841. The van der Waals surface area contributed by atoms with Crippen LogP contribution in [0, 0.1) is 5.82 Å². The summed E-state index contributed by atoms with van der Waals surface area (Å²) < 4.78 is 20.0. The summed E-state index contributed by atoms with van der Waals surface area (Å²) in [7, 11) is 0. The third kappa shape index (κ3) is 4.13. The van der Waals surface area contributed by atoms with Crippen molar-refractivity contribution in [2.45, 2.75) is 31.4 Å². The predicted octanol–water partition coefficient (Wildman–Crippen LogP) is 4.26. The van der Waals surface area contributed by atoms with Crippen LogP contribution in [0.3, 0.4) is 0 Å². The molecule has 1 unspecified atom stereocenters. The third-order valence-electron chi connectivity index (χ3n) is 4.92. The minimum absolute atomic E-state index is 0.148. The van der Waals surface area contributed by atoms with Crippen LogP contribution in [0.25, 0.3) is 0 Å². The summed E-state index contributed by atoms with van der Waals surface area (Å²) in [6, 6.07) is 13.1. The van der Waals surface area contributed by atoms with Crippen LogP contribution in [-0.2, 0) is 15.1 Å². The van der Waals surface area contributed by atoms with Crippen molar-refractivity contribution >= 4 is 27.9 Å². The van der Waals surface area contributed by atoms with E-state index in [0.717, 1.165) is 10.0 Å². The molecule has 2 N–H and O–H groups in total. The topological polar surface area (TPSA) is 72.6 Å². The average Bonchev–Trinajstić information content (AvgIpc) is 2.62. The van der Waals surface area contributed by atoms with E-state index < -0.39 is 23.4 Å². The van der Waals surface area contributed by atoms with Crippen LogP contribution < -0.4 is 5.73 Å². The van der Waals surface area contributed by atoms with Crippen LogP contribution in [0.4, 0.5) is 9.18 Å². The highest BCUT2D eigenvalue weighted by Gasteiger charge is 2.44. The van der Waals surface area contributed by atoms with E-state index in [1.807, 2.05) is 31.2 Å². The van der Waals surface area contributed by atoms with E-state index in [0.29, 0.717) is 18.5 Å². The summed E-state index contributed by atoms with van der Waals surface area (Å²) in [5.74, 6) is -0.984. The Morgan fingerprint density at radius 1 is 1.26 bits per heavy atom.